The van der Waals surface area contributed by atoms with E-state index in [9.17, 15) is 14.4 Å². The fourth-order valence-corrected chi connectivity index (χ4v) is 2.54. The van der Waals surface area contributed by atoms with Gasteiger partial charge in [0.05, 0.1) is 5.69 Å². The Morgan fingerprint density at radius 3 is 2.39 bits per heavy atom. The van der Waals surface area contributed by atoms with Gasteiger partial charge in [-0.25, -0.2) is 0 Å². The standard InChI is InChI=1S/C16H16N4O3/c1-10(20-14(21)6-7-15(20)22)16(23)18-12-4-2-11(3-5-12)13-8-9-17-19-13/h2-5,8-10H,6-7H2,1H3,(H,17,19)(H,18,23)/t10-/m1/s1. The zero-order chi connectivity index (χ0) is 16.4. The first kappa shape index (κ1) is 15.0. The zero-order valence-corrected chi connectivity index (χ0v) is 12.6. The number of amides is 3. The highest BCUT2D eigenvalue weighted by Gasteiger charge is 2.36. The third kappa shape index (κ3) is 2.98. The van der Waals surface area contributed by atoms with Crippen LogP contribution in [0, 0.1) is 0 Å². The van der Waals surface area contributed by atoms with Crippen LogP contribution in [0.2, 0.25) is 0 Å². The van der Waals surface area contributed by atoms with Gasteiger partial charge < -0.3 is 5.32 Å². The topological polar surface area (TPSA) is 95.2 Å². The molecule has 0 spiro atoms. The Kier molecular flexibility index (Phi) is 3.92. The molecule has 3 rings (SSSR count). The van der Waals surface area contributed by atoms with Crippen LogP contribution in [0.5, 0.6) is 0 Å². The van der Waals surface area contributed by atoms with Crippen LogP contribution in [-0.4, -0.2) is 38.9 Å². The molecule has 2 N–H and O–H groups in total. The van der Waals surface area contributed by atoms with Crippen LogP contribution in [0.15, 0.2) is 36.5 Å². The molecule has 1 fully saturated rings. The predicted octanol–water partition coefficient (Wildman–Crippen LogP) is 1.55. The molecule has 1 aromatic heterocycles. The summed E-state index contributed by atoms with van der Waals surface area (Å²) in [6, 6.07) is 8.24. The molecule has 0 radical (unpaired) electrons. The normalized spacial score (nSPS) is 15.8. The molecule has 7 nitrogen and oxygen atoms in total. The number of hydrogen-bond acceptors (Lipinski definition) is 4. The third-order valence-electron chi connectivity index (χ3n) is 3.82. The number of carbonyl (C=O) groups excluding carboxylic acids is 3. The minimum atomic E-state index is -0.815. The molecule has 1 atom stereocenters. The van der Waals surface area contributed by atoms with E-state index < -0.39 is 6.04 Å². The van der Waals surface area contributed by atoms with E-state index in [-0.39, 0.29) is 30.6 Å². The molecule has 2 heterocycles. The fourth-order valence-electron chi connectivity index (χ4n) is 2.54. The van der Waals surface area contributed by atoms with Gasteiger partial charge in [-0.15, -0.1) is 0 Å². The van der Waals surface area contributed by atoms with Crippen molar-refractivity contribution in [2.24, 2.45) is 0 Å². The Bertz CT molecular complexity index is 721. The van der Waals surface area contributed by atoms with Gasteiger partial charge in [0.15, 0.2) is 0 Å². The summed E-state index contributed by atoms with van der Waals surface area (Å²) < 4.78 is 0. The Morgan fingerprint density at radius 1 is 1.17 bits per heavy atom. The minimum Gasteiger partial charge on any atom is -0.324 e. The summed E-state index contributed by atoms with van der Waals surface area (Å²) in [6.45, 7) is 1.55. The number of imide groups is 1. The molecular weight excluding hydrogens is 296 g/mol. The average Bonchev–Trinajstić information content (AvgIpc) is 3.18. The van der Waals surface area contributed by atoms with E-state index in [1.54, 1.807) is 25.3 Å². The fraction of sp³-hybridized carbons (Fsp3) is 0.250. The number of carbonyl (C=O) groups is 3. The number of nitrogens with one attached hydrogen (secondary N) is 2. The van der Waals surface area contributed by atoms with Gasteiger partial charge in [-0.1, -0.05) is 12.1 Å². The monoisotopic (exact) mass is 312 g/mol. The van der Waals surface area contributed by atoms with E-state index in [2.05, 4.69) is 15.5 Å². The minimum absolute atomic E-state index is 0.176. The summed E-state index contributed by atoms with van der Waals surface area (Å²) >= 11 is 0. The van der Waals surface area contributed by atoms with Crippen molar-refractivity contribution in [1.82, 2.24) is 15.1 Å². The highest BCUT2D eigenvalue weighted by molar-refractivity contribution is 6.07. The van der Waals surface area contributed by atoms with E-state index in [0.29, 0.717) is 5.69 Å². The summed E-state index contributed by atoms with van der Waals surface area (Å²) in [5.41, 5.74) is 2.42. The smallest absolute Gasteiger partial charge is 0.247 e. The lowest BCUT2D eigenvalue weighted by atomic mass is 10.1. The first-order chi connectivity index (χ1) is 11.1. The third-order valence-corrected chi connectivity index (χ3v) is 3.82. The van der Waals surface area contributed by atoms with Crippen LogP contribution in [0.4, 0.5) is 5.69 Å². The van der Waals surface area contributed by atoms with Crippen molar-refractivity contribution in [3.63, 3.8) is 0 Å². The lowest BCUT2D eigenvalue weighted by Gasteiger charge is -2.21. The number of benzene rings is 1. The second-order valence-corrected chi connectivity index (χ2v) is 5.37. The van der Waals surface area contributed by atoms with Crippen molar-refractivity contribution in [3.05, 3.63) is 36.5 Å². The molecule has 1 saturated heterocycles. The van der Waals surface area contributed by atoms with Crippen molar-refractivity contribution in [3.8, 4) is 11.3 Å². The van der Waals surface area contributed by atoms with Crippen molar-refractivity contribution in [1.29, 1.82) is 0 Å². The Hall–Kier alpha value is -2.96. The molecule has 1 aromatic carbocycles. The quantitative estimate of drug-likeness (QED) is 0.837. The van der Waals surface area contributed by atoms with Crippen molar-refractivity contribution in [2.75, 3.05) is 5.32 Å². The molecule has 7 heteroatoms. The van der Waals surface area contributed by atoms with E-state index in [1.165, 1.54) is 0 Å². The maximum Gasteiger partial charge on any atom is 0.247 e. The number of anilines is 1. The molecule has 2 aromatic rings. The van der Waals surface area contributed by atoms with Crippen LogP contribution >= 0.6 is 0 Å². The van der Waals surface area contributed by atoms with Gasteiger partial charge >= 0.3 is 0 Å². The second-order valence-electron chi connectivity index (χ2n) is 5.37. The largest absolute Gasteiger partial charge is 0.324 e. The number of likely N-dealkylation sites (tertiary alicyclic amines) is 1. The Morgan fingerprint density at radius 2 is 1.83 bits per heavy atom. The highest BCUT2D eigenvalue weighted by Crippen LogP contribution is 2.20. The van der Waals surface area contributed by atoms with Crippen LogP contribution in [0.1, 0.15) is 19.8 Å². The van der Waals surface area contributed by atoms with E-state index >= 15 is 0 Å². The zero-order valence-electron chi connectivity index (χ0n) is 12.6. The van der Waals surface area contributed by atoms with Gasteiger partial charge in [-0.05, 0) is 30.7 Å². The molecule has 0 bridgehead atoms. The van der Waals surface area contributed by atoms with E-state index in [4.69, 9.17) is 0 Å². The lowest BCUT2D eigenvalue weighted by Crippen LogP contribution is -2.44. The molecule has 3 amide bonds. The Labute approximate surface area is 132 Å². The number of H-pyrrole nitrogens is 1. The van der Waals surface area contributed by atoms with Crippen LogP contribution in [-0.2, 0) is 14.4 Å². The molecule has 0 unspecified atom stereocenters. The van der Waals surface area contributed by atoms with Gasteiger partial charge in [0.1, 0.15) is 6.04 Å². The lowest BCUT2D eigenvalue weighted by molar-refractivity contribution is -0.144. The van der Waals surface area contributed by atoms with E-state index in [0.717, 1.165) is 16.2 Å². The molecular formula is C16H16N4O3. The van der Waals surface area contributed by atoms with Gasteiger partial charge in [-0.2, -0.15) is 5.10 Å². The number of nitrogens with zero attached hydrogens (tertiary/aromatic N) is 2. The Balaban J connectivity index is 1.68. The number of aromatic amines is 1. The van der Waals surface area contributed by atoms with Gasteiger partial charge in [0.25, 0.3) is 0 Å². The number of rotatable bonds is 4. The summed E-state index contributed by atoms with van der Waals surface area (Å²) in [6.07, 6.45) is 2.02. The summed E-state index contributed by atoms with van der Waals surface area (Å²) in [7, 11) is 0. The van der Waals surface area contributed by atoms with Crippen LogP contribution in [0.3, 0.4) is 0 Å². The van der Waals surface area contributed by atoms with Crippen LogP contribution in [0.25, 0.3) is 11.3 Å². The number of hydrogen-bond donors (Lipinski definition) is 2. The first-order valence-electron chi connectivity index (χ1n) is 7.32. The van der Waals surface area contributed by atoms with Crippen molar-refractivity contribution < 1.29 is 14.4 Å². The molecule has 0 saturated carbocycles. The summed E-state index contributed by atoms with van der Waals surface area (Å²) in [5, 5.41) is 9.47. The predicted molar refractivity (Wildman–Crippen MR) is 83.2 cm³/mol. The second kappa shape index (κ2) is 6.04. The SMILES string of the molecule is C[C@H](C(=O)Nc1ccc(-c2ccn[nH]2)cc1)N1C(=O)CCC1=O. The van der Waals surface area contributed by atoms with E-state index in [1.807, 2.05) is 18.2 Å². The summed E-state index contributed by atoms with van der Waals surface area (Å²) in [5.74, 6) is -0.984. The highest BCUT2D eigenvalue weighted by atomic mass is 16.2. The van der Waals surface area contributed by atoms with Gasteiger partial charge in [0, 0.05) is 24.7 Å². The van der Waals surface area contributed by atoms with Crippen LogP contribution < -0.4 is 5.32 Å². The van der Waals surface area contributed by atoms with Gasteiger partial charge in [-0.3, -0.25) is 24.4 Å². The average molecular weight is 312 g/mol. The summed E-state index contributed by atoms with van der Waals surface area (Å²) in [4.78, 5) is 36.6. The van der Waals surface area contributed by atoms with Gasteiger partial charge in [0.2, 0.25) is 17.7 Å². The van der Waals surface area contributed by atoms with Crippen molar-refractivity contribution in [2.45, 2.75) is 25.8 Å². The maximum atomic E-state index is 12.2. The molecule has 1 aliphatic heterocycles. The molecule has 118 valence electrons. The maximum absolute atomic E-state index is 12.2. The molecule has 0 aliphatic carbocycles. The number of aromatic nitrogens is 2. The molecule has 1 aliphatic rings. The molecule has 23 heavy (non-hydrogen) atoms. The first-order valence-corrected chi connectivity index (χ1v) is 7.32. The van der Waals surface area contributed by atoms with Crippen molar-refractivity contribution >= 4 is 23.4 Å².